The molecule has 1 heterocycles. The van der Waals surface area contributed by atoms with Gasteiger partial charge < -0.3 is 10.6 Å². The summed E-state index contributed by atoms with van der Waals surface area (Å²) < 4.78 is 0. The number of aromatic nitrogens is 2. The summed E-state index contributed by atoms with van der Waals surface area (Å²) in [5, 5.41) is 6.66. The molecular weight excluding hydrogens is 192 g/mol. The van der Waals surface area contributed by atoms with Gasteiger partial charge in [-0.3, -0.25) is 9.89 Å². The molecule has 82 valence electrons. The number of nitrogens with one attached hydrogen (secondary N) is 1. The number of nitrogens with zero attached hydrogens (tertiary/aromatic N) is 2. The molecule has 1 aromatic heterocycles. The predicted octanol–water partition coefficient (Wildman–Crippen LogP) is 0.925. The smallest absolute Gasteiger partial charge is 0.276 e. The lowest BCUT2D eigenvalue weighted by molar-refractivity contribution is 0.0647. The zero-order chi connectivity index (χ0) is 11.0. The van der Waals surface area contributed by atoms with Crippen molar-refractivity contribution in [2.75, 3.05) is 12.8 Å². The number of aryl methyl sites for hydroxylation is 1. The van der Waals surface area contributed by atoms with Crippen LogP contribution in [-0.4, -0.2) is 34.1 Å². The first-order valence-electron chi connectivity index (χ1n) is 5.19. The summed E-state index contributed by atoms with van der Waals surface area (Å²) in [6.45, 7) is 1.81. The highest BCUT2D eigenvalue weighted by Crippen LogP contribution is 2.25. The van der Waals surface area contributed by atoms with E-state index in [9.17, 15) is 4.79 Å². The first-order valence-corrected chi connectivity index (χ1v) is 5.19. The monoisotopic (exact) mass is 208 g/mol. The molecule has 5 heteroatoms. The fraction of sp³-hybridized carbons (Fsp3) is 0.600. The summed E-state index contributed by atoms with van der Waals surface area (Å²) in [7, 11) is 1.82. The van der Waals surface area contributed by atoms with Crippen LogP contribution < -0.4 is 5.73 Å². The number of anilines is 1. The Morgan fingerprint density at radius 1 is 1.60 bits per heavy atom. The number of carbonyl (C=O) groups excluding carboxylic acids is 1. The minimum Gasteiger partial charge on any atom is -0.395 e. The number of carbonyl (C=O) groups is 1. The third kappa shape index (κ3) is 1.58. The van der Waals surface area contributed by atoms with E-state index in [2.05, 4.69) is 10.2 Å². The highest BCUT2D eigenvalue weighted by atomic mass is 16.2. The summed E-state index contributed by atoms with van der Waals surface area (Å²) >= 11 is 0. The Morgan fingerprint density at radius 3 is 2.67 bits per heavy atom. The molecule has 2 rings (SSSR count). The average Bonchev–Trinajstić information content (AvgIpc) is 2.44. The first kappa shape index (κ1) is 10.0. The van der Waals surface area contributed by atoms with Crippen molar-refractivity contribution in [1.29, 1.82) is 0 Å². The first-order chi connectivity index (χ1) is 7.11. The SMILES string of the molecule is Cc1[nH]nc(C(=O)N(C)C2CCC2)c1N. The standard InChI is InChI=1S/C10H16N4O/c1-6-8(11)9(13-12-6)10(15)14(2)7-4-3-5-7/h7H,3-5,11H2,1-2H3,(H,12,13). The van der Waals surface area contributed by atoms with Crippen molar-refractivity contribution in [2.45, 2.75) is 32.2 Å². The van der Waals surface area contributed by atoms with Crippen molar-refractivity contribution in [3.8, 4) is 0 Å². The minimum absolute atomic E-state index is 0.0819. The largest absolute Gasteiger partial charge is 0.395 e. The van der Waals surface area contributed by atoms with Crippen LogP contribution in [0.4, 0.5) is 5.69 Å². The number of H-pyrrole nitrogens is 1. The molecule has 1 aromatic rings. The van der Waals surface area contributed by atoms with E-state index >= 15 is 0 Å². The molecule has 1 aliphatic carbocycles. The van der Waals surface area contributed by atoms with Crippen molar-refractivity contribution in [1.82, 2.24) is 15.1 Å². The molecule has 0 bridgehead atoms. The normalized spacial score (nSPS) is 16.1. The van der Waals surface area contributed by atoms with Crippen LogP contribution in [-0.2, 0) is 0 Å². The Kier molecular flexibility index (Phi) is 2.38. The van der Waals surface area contributed by atoms with Crippen molar-refractivity contribution in [2.24, 2.45) is 0 Å². The lowest BCUT2D eigenvalue weighted by atomic mass is 9.91. The molecule has 0 aromatic carbocycles. The van der Waals surface area contributed by atoms with E-state index in [0.29, 0.717) is 17.4 Å². The Labute approximate surface area is 88.6 Å². The molecule has 0 unspecified atom stereocenters. The summed E-state index contributed by atoms with van der Waals surface area (Å²) in [5.74, 6) is -0.0819. The zero-order valence-corrected chi connectivity index (χ0v) is 9.08. The van der Waals surface area contributed by atoms with Crippen LogP contribution >= 0.6 is 0 Å². The van der Waals surface area contributed by atoms with Crippen LogP contribution in [0.15, 0.2) is 0 Å². The molecular formula is C10H16N4O. The molecule has 15 heavy (non-hydrogen) atoms. The van der Waals surface area contributed by atoms with E-state index in [-0.39, 0.29) is 5.91 Å². The van der Waals surface area contributed by atoms with Crippen LogP contribution in [0, 0.1) is 6.92 Å². The number of nitrogens with two attached hydrogens (primary N) is 1. The summed E-state index contributed by atoms with van der Waals surface area (Å²) in [6.07, 6.45) is 3.38. The van der Waals surface area contributed by atoms with E-state index in [1.807, 2.05) is 14.0 Å². The van der Waals surface area contributed by atoms with Gasteiger partial charge in [-0.15, -0.1) is 0 Å². The van der Waals surface area contributed by atoms with Gasteiger partial charge in [-0.05, 0) is 26.2 Å². The zero-order valence-electron chi connectivity index (χ0n) is 9.08. The van der Waals surface area contributed by atoms with Crippen LogP contribution in [0.3, 0.4) is 0 Å². The topological polar surface area (TPSA) is 75.0 Å². The Bertz CT molecular complexity index is 381. The maximum atomic E-state index is 12.0. The number of aromatic amines is 1. The van der Waals surface area contributed by atoms with Crippen LogP contribution in [0.1, 0.15) is 35.4 Å². The second-order valence-electron chi connectivity index (χ2n) is 4.11. The average molecular weight is 208 g/mol. The molecule has 5 nitrogen and oxygen atoms in total. The molecule has 0 spiro atoms. The Hall–Kier alpha value is -1.52. The van der Waals surface area contributed by atoms with E-state index in [1.54, 1.807) is 4.90 Å². The van der Waals surface area contributed by atoms with Crippen LogP contribution in [0.2, 0.25) is 0 Å². The second-order valence-corrected chi connectivity index (χ2v) is 4.11. The number of hydrogen-bond acceptors (Lipinski definition) is 3. The van der Waals surface area contributed by atoms with Crippen molar-refractivity contribution >= 4 is 11.6 Å². The molecule has 1 amide bonds. The van der Waals surface area contributed by atoms with Gasteiger partial charge in [-0.2, -0.15) is 5.10 Å². The van der Waals surface area contributed by atoms with E-state index in [0.717, 1.165) is 18.5 Å². The van der Waals surface area contributed by atoms with Gasteiger partial charge in [-0.1, -0.05) is 0 Å². The quantitative estimate of drug-likeness (QED) is 0.759. The lowest BCUT2D eigenvalue weighted by Gasteiger charge is -2.34. The number of hydrogen-bond donors (Lipinski definition) is 2. The van der Waals surface area contributed by atoms with E-state index in [4.69, 9.17) is 5.73 Å². The fourth-order valence-corrected chi connectivity index (χ4v) is 1.71. The van der Waals surface area contributed by atoms with Gasteiger partial charge in [0.2, 0.25) is 0 Å². The molecule has 0 aliphatic heterocycles. The summed E-state index contributed by atoms with van der Waals surface area (Å²) in [4.78, 5) is 13.7. The van der Waals surface area contributed by atoms with Gasteiger partial charge in [0.15, 0.2) is 5.69 Å². The number of rotatable bonds is 2. The van der Waals surface area contributed by atoms with E-state index < -0.39 is 0 Å². The molecule has 0 radical (unpaired) electrons. The number of amides is 1. The highest BCUT2D eigenvalue weighted by molar-refractivity contribution is 5.97. The van der Waals surface area contributed by atoms with Crippen molar-refractivity contribution in [3.63, 3.8) is 0 Å². The Morgan fingerprint density at radius 2 is 2.27 bits per heavy atom. The molecule has 0 atom stereocenters. The molecule has 1 saturated carbocycles. The Balaban J connectivity index is 2.16. The minimum atomic E-state index is -0.0819. The van der Waals surface area contributed by atoms with Gasteiger partial charge >= 0.3 is 0 Å². The maximum Gasteiger partial charge on any atom is 0.276 e. The van der Waals surface area contributed by atoms with Crippen LogP contribution in [0.5, 0.6) is 0 Å². The fourth-order valence-electron chi connectivity index (χ4n) is 1.71. The molecule has 1 fully saturated rings. The van der Waals surface area contributed by atoms with Gasteiger partial charge in [0.05, 0.1) is 11.4 Å². The van der Waals surface area contributed by atoms with Crippen molar-refractivity contribution < 1.29 is 4.79 Å². The molecule has 3 N–H and O–H groups in total. The highest BCUT2D eigenvalue weighted by Gasteiger charge is 2.28. The second kappa shape index (κ2) is 3.56. The van der Waals surface area contributed by atoms with Gasteiger partial charge in [0.25, 0.3) is 5.91 Å². The predicted molar refractivity (Wildman–Crippen MR) is 57.5 cm³/mol. The van der Waals surface area contributed by atoms with Crippen LogP contribution in [0.25, 0.3) is 0 Å². The third-order valence-electron chi connectivity index (χ3n) is 3.14. The molecule has 1 aliphatic rings. The lowest BCUT2D eigenvalue weighted by Crippen LogP contribution is -2.41. The third-order valence-corrected chi connectivity index (χ3v) is 3.14. The summed E-state index contributed by atoms with van der Waals surface area (Å²) in [5.41, 5.74) is 7.32. The van der Waals surface area contributed by atoms with Gasteiger partial charge in [0, 0.05) is 13.1 Å². The maximum absolute atomic E-state index is 12.0. The van der Waals surface area contributed by atoms with Gasteiger partial charge in [0.1, 0.15) is 0 Å². The molecule has 0 saturated heterocycles. The van der Waals surface area contributed by atoms with Crippen molar-refractivity contribution in [3.05, 3.63) is 11.4 Å². The number of nitrogen functional groups attached to an aromatic ring is 1. The van der Waals surface area contributed by atoms with E-state index in [1.165, 1.54) is 6.42 Å². The van der Waals surface area contributed by atoms with Gasteiger partial charge in [-0.25, -0.2) is 0 Å². The summed E-state index contributed by atoms with van der Waals surface area (Å²) in [6, 6.07) is 0.369.